The normalized spacial score (nSPS) is 19.1. The van der Waals surface area contributed by atoms with Crippen LogP contribution in [-0.4, -0.2) is 61.2 Å². The number of aryl methyl sites for hydroxylation is 1. The summed E-state index contributed by atoms with van der Waals surface area (Å²) >= 11 is 0. The van der Waals surface area contributed by atoms with Crippen LogP contribution in [0.1, 0.15) is 76.0 Å². The number of fused-ring (bicyclic) bond motifs is 1. The lowest BCUT2D eigenvalue weighted by Crippen LogP contribution is -2.53. The number of rotatable bonds is 10. The maximum absolute atomic E-state index is 13.3. The molecule has 0 spiro atoms. The monoisotopic (exact) mass is 531 g/mol. The molecule has 1 aliphatic rings. The molecule has 3 N–H and O–H groups in total. The van der Waals surface area contributed by atoms with Crippen LogP contribution in [-0.2, 0) is 16.4 Å². The van der Waals surface area contributed by atoms with Gasteiger partial charge in [0.1, 0.15) is 17.5 Å². The highest BCUT2D eigenvalue weighted by molar-refractivity contribution is 7.89. The van der Waals surface area contributed by atoms with Crippen LogP contribution < -0.4 is 14.8 Å². The van der Waals surface area contributed by atoms with Gasteiger partial charge in [-0.3, -0.25) is 9.69 Å². The van der Waals surface area contributed by atoms with Gasteiger partial charge in [0.05, 0.1) is 10.9 Å². The van der Waals surface area contributed by atoms with Crippen LogP contribution in [0, 0.1) is 0 Å². The van der Waals surface area contributed by atoms with E-state index in [1.165, 1.54) is 0 Å². The Kier molecular flexibility index (Phi) is 9.06. The van der Waals surface area contributed by atoms with Gasteiger partial charge in [-0.25, -0.2) is 13.1 Å². The second-order valence-electron chi connectivity index (χ2n) is 10.7. The number of carbonyl (C=O) groups is 1. The third-order valence-electron chi connectivity index (χ3n) is 6.91. The van der Waals surface area contributed by atoms with E-state index >= 15 is 0 Å². The summed E-state index contributed by atoms with van der Waals surface area (Å²) in [7, 11) is -3.96. The number of nitrogens with one attached hydrogen (secondary N) is 2. The van der Waals surface area contributed by atoms with E-state index in [0.717, 1.165) is 12.0 Å². The number of amides is 1. The molecular weight excluding hydrogens is 490 g/mol. The number of aliphatic hydroxyl groups is 1. The minimum absolute atomic E-state index is 0.108. The Labute approximate surface area is 221 Å². The lowest BCUT2D eigenvalue weighted by molar-refractivity contribution is -0.0603. The highest BCUT2D eigenvalue weighted by Gasteiger charge is 2.44. The van der Waals surface area contributed by atoms with Crippen molar-refractivity contribution in [1.29, 1.82) is 0 Å². The first kappa shape index (κ1) is 29.1. The Balaban J connectivity index is 1.86. The fourth-order valence-electron chi connectivity index (χ4n) is 4.72. The van der Waals surface area contributed by atoms with Gasteiger partial charge < -0.3 is 15.2 Å². The van der Waals surface area contributed by atoms with Crippen molar-refractivity contribution >= 4 is 15.9 Å². The lowest BCUT2D eigenvalue weighted by Gasteiger charge is -2.42. The van der Waals surface area contributed by atoms with Crippen LogP contribution in [0.2, 0.25) is 0 Å². The first-order valence-corrected chi connectivity index (χ1v) is 14.4. The summed E-state index contributed by atoms with van der Waals surface area (Å²) in [6.45, 7) is 15.1. The van der Waals surface area contributed by atoms with Gasteiger partial charge in [-0.15, -0.1) is 0 Å². The third kappa shape index (κ3) is 6.71. The van der Waals surface area contributed by atoms with Crippen LogP contribution >= 0.6 is 0 Å². The minimum atomic E-state index is -3.96. The zero-order chi connectivity index (χ0) is 27.5. The molecule has 9 heteroatoms. The summed E-state index contributed by atoms with van der Waals surface area (Å²) in [5.74, 6) is 0.151. The van der Waals surface area contributed by atoms with E-state index < -0.39 is 27.8 Å². The zero-order valence-corrected chi connectivity index (χ0v) is 23.7. The van der Waals surface area contributed by atoms with E-state index in [1.54, 1.807) is 56.3 Å². The van der Waals surface area contributed by atoms with Crippen molar-refractivity contribution in [2.24, 2.45) is 0 Å². The molecule has 3 rings (SSSR count). The number of hydrogen-bond acceptors (Lipinski definition) is 6. The zero-order valence-electron chi connectivity index (χ0n) is 22.9. The predicted octanol–water partition coefficient (Wildman–Crippen LogP) is 3.65. The highest BCUT2D eigenvalue weighted by atomic mass is 32.2. The van der Waals surface area contributed by atoms with E-state index in [0.29, 0.717) is 42.0 Å². The van der Waals surface area contributed by atoms with Crippen molar-refractivity contribution in [3.05, 3.63) is 59.2 Å². The van der Waals surface area contributed by atoms with Gasteiger partial charge in [-0.2, -0.15) is 0 Å². The number of sulfonamides is 1. The minimum Gasteiger partial charge on any atom is -0.485 e. The summed E-state index contributed by atoms with van der Waals surface area (Å²) in [5, 5.41) is 14.1. The Morgan fingerprint density at radius 1 is 1.08 bits per heavy atom. The maximum Gasteiger partial charge on any atom is 0.251 e. The molecule has 1 aliphatic heterocycles. The van der Waals surface area contributed by atoms with Crippen molar-refractivity contribution in [3.8, 4) is 5.75 Å². The molecule has 0 unspecified atom stereocenters. The lowest BCUT2D eigenvalue weighted by atomic mass is 9.86. The van der Waals surface area contributed by atoms with Gasteiger partial charge >= 0.3 is 0 Å². The summed E-state index contributed by atoms with van der Waals surface area (Å²) < 4.78 is 35.2. The molecule has 0 saturated heterocycles. The van der Waals surface area contributed by atoms with Crippen molar-refractivity contribution in [1.82, 2.24) is 14.9 Å². The Bertz CT molecular complexity index is 1180. The van der Waals surface area contributed by atoms with Gasteiger partial charge in [-0.1, -0.05) is 19.1 Å². The molecular formula is C28H41N3O5S. The average Bonchev–Trinajstić information content (AvgIpc) is 2.83. The Morgan fingerprint density at radius 2 is 1.70 bits per heavy atom. The second kappa shape index (κ2) is 11.5. The van der Waals surface area contributed by atoms with E-state index in [9.17, 15) is 18.3 Å². The van der Waals surface area contributed by atoms with Crippen LogP contribution in [0.15, 0.2) is 47.4 Å². The standard InChI is InChI=1S/C28H41N3O5S/c1-8-20-9-12-22(13-10-20)37(34,35)30-25-23-17-21(11-14-24(23)36-28(6,7)26(25)32)27(33)29-15-16-31(18(2)3)19(4)5/h9-14,17-19,25-26,30,32H,8,15-16H2,1-7H3,(H,29,33)/t25-,26+/m1/s1. The number of carbonyl (C=O) groups excluding carboxylic acids is 1. The molecule has 0 radical (unpaired) electrons. The van der Waals surface area contributed by atoms with Crippen LogP contribution in [0.3, 0.4) is 0 Å². The average molecular weight is 532 g/mol. The van der Waals surface area contributed by atoms with Crippen LogP contribution in [0.25, 0.3) is 0 Å². The Morgan fingerprint density at radius 3 is 2.27 bits per heavy atom. The molecule has 8 nitrogen and oxygen atoms in total. The van der Waals surface area contributed by atoms with E-state index in [-0.39, 0.29) is 10.8 Å². The SMILES string of the molecule is CCc1ccc(S(=O)(=O)N[C@@H]2c3cc(C(=O)NCCN(C(C)C)C(C)C)ccc3OC(C)(C)[C@H]2O)cc1. The van der Waals surface area contributed by atoms with Crippen molar-refractivity contribution in [2.45, 2.75) is 89.6 Å². The number of benzene rings is 2. The second-order valence-corrected chi connectivity index (χ2v) is 12.4. The van der Waals surface area contributed by atoms with Crippen LogP contribution in [0.4, 0.5) is 0 Å². The molecule has 1 heterocycles. The molecule has 2 aromatic carbocycles. The molecule has 0 fully saturated rings. The van der Waals surface area contributed by atoms with E-state index in [4.69, 9.17) is 4.74 Å². The number of ether oxygens (including phenoxy) is 1. The summed E-state index contributed by atoms with van der Waals surface area (Å²) in [6.07, 6.45) is -0.389. The van der Waals surface area contributed by atoms with Crippen LogP contribution in [0.5, 0.6) is 5.75 Å². The van der Waals surface area contributed by atoms with Gasteiger partial charge in [0.2, 0.25) is 10.0 Å². The van der Waals surface area contributed by atoms with Crippen molar-refractivity contribution in [3.63, 3.8) is 0 Å². The topological polar surface area (TPSA) is 108 Å². The first-order chi connectivity index (χ1) is 17.3. The fraction of sp³-hybridized carbons (Fsp3) is 0.536. The van der Waals surface area contributed by atoms with Gasteiger partial charge in [0, 0.05) is 36.3 Å². The highest BCUT2D eigenvalue weighted by Crippen LogP contribution is 2.41. The summed E-state index contributed by atoms with van der Waals surface area (Å²) in [5.41, 5.74) is 0.760. The first-order valence-electron chi connectivity index (χ1n) is 12.9. The number of aliphatic hydroxyl groups excluding tert-OH is 1. The predicted molar refractivity (Wildman–Crippen MR) is 145 cm³/mol. The van der Waals surface area contributed by atoms with E-state index in [2.05, 4.69) is 42.6 Å². The number of nitrogens with zero attached hydrogens (tertiary/aromatic N) is 1. The van der Waals surface area contributed by atoms with Crippen molar-refractivity contribution in [2.75, 3.05) is 13.1 Å². The Hall–Kier alpha value is -2.46. The fourth-order valence-corrected chi connectivity index (χ4v) is 5.94. The molecule has 0 bridgehead atoms. The van der Waals surface area contributed by atoms with Gasteiger partial charge in [0.25, 0.3) is 5.91 Å². The molecule has 37 heavy (non-hydrogen) atoms. The molecule has 0 aliphatic carbocycles. The molecule has 0 saturated carbocycles. The van der Waals surface area contributed by atoms with E-state index in [1.807, 2.05) is 6.92 Å². The largest absolute Gasteiger partial charge is 0.485 e. The summed E-state index contributed by atoms with van der Waals surface area (Å²) in [6, 6.07) is 11.3. The van der Waals surface area contributed by atoms with Crippen molar-refractivity contribution < 1.29 is 23.1 Å². The molecule has 204 valence electrons. The maximum atomic E-state index is 13.3. The number of hydrogen-bond donors (Lipinski definition) is 3. The van der Waals surface area contributed by atoms with Gasteiger partial charge in [-0.05, 0) is 83.9 Å². The third-order valence-corrected chi connectivity index (χ3v) is 8.37. The smallest absolute Gasteiger partial charge is 0.251 e. The summed E-state index contributed by atoms with van der Waals surface area (Å²) in [4.78, 5) is 15.4. The van der Waals surface area contributed by atoms with Gasteiger partial charge in [0.15, 0.2) is 0 Å². The molecule has 2 atom stereocenters. The molecule has 2 aromatic rings. The molecule has 1 amide bonds. The quantitative estimate of drug-likeness (QED) is 0.432. The molecule has 0 aromatic heterocycles.